The number of pyridine rings is 1. The molecule has 0 spiro atoms. The lowest BCUT2D eigenvalue weighted by Crippen LogP contribution is -2.35. The summed E-state index contributed by atoms with van der Waals surface area (Å²) in [5, 5.41) is 11.3. The summed E-state index contributed by atoms with van der Waals surface area (Å²) in [6.07, 6.45) is 3.43. The number of benzene rings is 1. The van der Waals surface area contributed by atoms with E-state index in [1.165, 1.54) is 13.2 Å². The molecule has 0 unspecified atom stereocenters. The maximum atomic E-state index is 12.5. The predicted octanol–water partition coefficient (Wildman–Crippen LogP) is 3.42. The van der Waals surface area contributed by atoms with Crippen LogP contribution in [0.25, 0.3) is 0 Å². The summed E-state index contributed by atoms with van der Waals surface area (Å²) in [4.78, 5) is 6.69. The molecule has 2 aliphatic rings. The molecule has 1 N–H and O–H groups in total. The molecule has 0 bridgehead atoms. The summed E-state index contributed by atoms with van der Waals surface area (Å²) in [5.41, 5.74) is 0.826. The molecule has 2 heterocycles. The van der Waals surface area contributed by atoms with Gasteiger partial charge in [-0.15, -0.1) is 0 Å². The normalized spacial score (nSPS) is 27.2. The number of aliphatic hydroxyl groups is 1. The van der Waals surface area contributed by atoms with Crippen LogP contribution in [0.15, 0.2) is 42.6 Å². The van der Waals surface area contributed by atoms with Crippen molar-refractivity contribution in [1.29, 1.82) is 0 Å². The number of methoxy groups -OCH3 is 1. The largest absolute Gasteiger partial charge is 0.493 e. The molecule has 7 heteroatoms. The quantitative estimate of drug-likeness (QED) is 0.819. The third-order valence-corrected chi connectivity index (χ3v) is 5.99. The van der Waals surface area contributed by atoms with Crippen molar-refractivity contribution in [2.75, 3.05) is 20.2 Å². The standard InChI is InChI=1S/C21H24F2N2O3/c1-27-18-10-14(5-6-17(18)28-20(22)23)11-25-12-15-7-8-21(26,16(15)13-25)19-4-2-3-9-24-19/h2-6,9-10,15-16,20,26H,7-8,11-13H2,1H3/t15-,16+,21-/m0/s1. The molecule has 1 saturated heterocycles. The summed E-state index contributed by atoms with van der Waals surface area (Å²) >= 11 is 0. The van der Waals surface area contributed by atoms with Crippen molar-refractivity contribution in [1.82, 2.24) is 9.88 Å². The van der Waals surface area contributed by atoms with Crippen LogP contribution in [0.3, 0.4) is 0 Å². The third kappa shape index (κ3) is 3.56. The lowest BCUT2D eigenvalue weighted by Gasteiger charge is -2.29. The Hall–Kier alpha value is -2.25. The molecule has 28 heavy (non-hydrogen) atoms. The van der Waals surface area contributed by atoms with Gasteiger partial charge in [-0.3, -0.25) is 9.88 Å². The number of aromatic nitrogens is 1. The van der Waals surface area contributed by atoms with Gasteiger partial charge in [0.25, 0.3) is 0 Å². The van der Waals surface area contributed by atoms with Gasteiger partial charge in [0.05, 0.1) is 12.8 Å². The zero-order valence-electron chi connectivity index (χ0n) is 15.7. The highest BCUT2D eigenvalue weighted by Gasteiger charge is 2.52. The number of nitrogens with zero attached hydrogens (tertiary/aromatic N) is 2. The molecule has 5 nitrogen and oxygen atoms in total. The number of alkyl halides is 2. The fraction of sp³-hybridized carbons (Fsp3) is 0.476. The van der Waals surface area contributed by atoms with E-state index in [2.05, 4.69) is 14.6 Å². The predicted molar refractivity (Wildman–Crippen MR) is 99.3 cm³/mol. The zero-order valence-corrected chi connectivity index (χ0v) is 15.7. The van der Waals surface area contributed by atoms with E-state index in [4.69, 9.17) is 4.74 Å². The molecule has 1 aromatic carbocycles. The van der Waals surface area contributed by atoms with Gasteiger partial charge in [0.1, 0.15) is 5.60 Å². The van der Waals surface area contributed by atoms with E-state index in [9.17, 15) is 13.9 Å². The van der Waals surface area contributed by atoms with Gasteiger partial charge in [-0.1, -0.05) is 12.1 Å². The molecule has 1 aliphatic carbocycles. The highest BCUT2D eigenvalue weighted by Crippen LogP contribution is 2.50. The molecule has 150 valence electrons. The molecular formula is C21H24F2N2O3. The van der Waals surface area contributed by atoms with Gasteiger partial charge >= 0.3 is 6.61 Å². The van der Waals surface area contributed by atoms with Gasteiger partial charge in [0.15, 0.2) is 11.5 Å². The van der Waals surface area contributed by atoms with Crippen molar-refractivity contribution in [3.05, 3.63) is 53.9 Å². The Morgan fingerprint density at radius 3 is 2.82 bits per heavy atom. The Kier molecular flexibility index (Phi) is 5.21. The summed E-state index contributed by atoms with van der Waals surface area (Å²) < 4.78 is 34.7. The van der Waals surface area contributed by atoms with Crippen molar-refractivity contribution in [3.8, 4) is 11.5 Å². The van der Waals surface area contributed by atoms with Gasteiger partial charge < -0.3 is 14.6 Å². The van der Waals surface area contributed by atoms with Crippen LogP contribution in [0.1, 0.15) is 24.1 Å². The van der Waals surface area contributed by atoms with Crippen LogP contribution >= 0.6 is 0 Å². The first kappa shape index (κ1) is 19.1. The zero-order chi connectivity index (χ0) is 19.7. The first-order chi connectivity index (χ1) is 13.5. The molecular weight excluding hydrogens is 366 g/mol. The van der Waals surface area contributed by atoms with Crippen LogP contribution in [0.5, 0.6) is 11.5 Å². The SMILES string of the molecule is COc1cc(CN2C[C@@H]3CC[C@@](O)(c4ccccn4)[C@@H]3C2)ccc1OC(F)F. The van der Waals surface area contributed by atoms with Gasteiger partial charge in [-0.2, -0.15) is 8.78 Å². The molecule has 0 amide bonds. The molecule has 1 aromatic heterocycles. The molecule has 0 radical (unpaired) electrons. The fourth-order valence-corrected chi connectivity index (χ4v) is 4.71. The minimum absolute atomic E-state index is 0.0315. The van der Waals surface area contributed by atoms with E-state index in [0.717, 1.165) is 37.2 Å². The fourth-order valence-electron chi connectivity index (χ4n) is 4.71. The average Bonchev–Trinajstić information content (AvgIpc) is 3.23. The number of ether oxygens (including phenoxy) is 2. The summed E-state index contributed by atoms with van der Waals surface area (Å²) in [7, 11) is 1.44. The minimum Gasteiger partial charge on any atom is -0.493 e. The molecule has 1 saturated carbocycles. The van der Waals surface area contributed by atoms with E-state index >= 15 is 0 Å². The van der Waals surface area contributed by atoms with Crippen molar-refractivity contribution >= 4 is 0 Å². The maximum Gasteiger partial charge on any atom is 0.387 e. The summed E-state index contributed by atoms with van der Waals surface area (Å²) in [6.45, 7) is -0.550. The molecule has 4 rings (SSSR count). The number of hydrogen-bond acceptors (Lipinski definition) is 5. The van der Waals surface area contributed by atoms with Crippen LogP contribution in [-0.2, 0) is 12.1 Å². The Morgan fingerprint density at radius 1 is 1.25 bits per heavy atom. The number of hydrogen-bond donors (Lipinski definition) is 1. The first-order valence-corrected chi connectivity index (χ1v) is 9.47. The Labute approximate surface area is 162 Å². The maximum absolute atomic E-state index is 12.5. The Morgan fingerprint density at radius 2 is 2.11 bits per heavy atom. The van der Waals surface area contributed by atoms with E-state index < -0.39 is 12.2 Å². The number of halogens is 2. The van der Waals surface area contributed by atoms with Crippen LogP contribution in [0.4, 0.5) is 8.78 Å². The van der Waals surface area contributed by atoms with Crippen LogP contribution in [-0.4, -0.2) is 41.8 Å². The second-order valence-electron chi connectivity index (χ2n) is 7.60. The molecule has 2 fully saturated rings. The highest BCUT2D eigenvalue weighted by atomic mass is 19.3. The van der Waals surface area contributed by atoms with Crippen LogP contribution in [0, 0.1) is 11.8 Å². The molecule has 2 aromatic rings. The monoisotopic (exact) mass is 390 g/mol. The van der Waals surface area contributed by atoms with E-state index in [1.807, 2.05) is 18.2 Å². The van der Waals surface area contributed by atoms with Crippen molar-refractivity contribution in [2.45, 2.75) is 31.6 Å². The van der Waals surface area contributed by atoms with Gasteiger partial charge in [-0.05, 0) is 48.6 Å². The molecule has 1 aliphatic heterocycles. The van der Waals surface area contributed by atoms with Gasteiger partial charge in [0, 0.05) is 31.7 Å². The Bertz CT molecular complexity index is 821. The summed E-state index contributed by atoms with van der Waals surface area (Å²) in [6, 6.07) is 10.7. The lowest BCUT2D eigenvalue weighted by molar-refractivity contribution is -0.0512. The minimum atomic E-state index is -2.89. The third-order valence-electron chi connectivity index (χ3n) is 5.99. The van der Waals surface area contributed by atoms with Crippen LogP contribution in [0.2, 0.25) is 0 Å². The number of fused-ring (bicyclic) bond motifs is 1. The highest BCUT2D eigenvalue weighted by molar-refractivity contribution is 5.43. The Balaban J connectivity index is 1.47. The average molecular weight is 390 g/mol. The second kappa shape index (κ2) is 7.64. The number of likely N-dealkylation sites (tertiary alicyclic amines) is 1. The first-order valence-electron chi connectivity index (χ1n) is 9.47. The van der Waals surface area contributed by atoms with Gasteiger partial charge in [0.2, 0.25) is 0 Å². The van der Waals surface area contributed by atoms with E-state index in [-0.39, 0.29) is 11.7 Å². The van der Waals surface area contributed by atoms with Gasteiger partial charge in [-0.25, -0.2) is 0 Å². The number of rotatable bonds is 6. The van der Waals surface area contributed by atoms with E-state index in [0.29, 0.717) is 18.2 Å². The van der Waals surface area contributed by atoms with Crippen molar-refractivity contribution in [3.63, 3.8) is 0 Å². The smallest absolute Gasteiger partial charge is 0.387 e. The van der Waals surface area contributed by atoms with E-state index in [1.54, 1.807) is 18.3 Å². The van der Waals surface area contributed by atoms with Crippen molar-refractivity contribution in [2.24, 2.45) is 11.8 Å². The topological polar surface area (TPSA) is 54.8 Å². The van der Waals surface area contributed by atoms with Crippen molar-refractivity contribution < 1.29 is 23.4 Å². The lowest BCUT2D eigenvalue weighted by atomic mass is 9.85. The van der Waals surface area contributed by atoms with Crippen LogP contribution < -0.4 is 9.47 Å². The second-order valence-corrected chi connectivity index (χ2v) is 7.60. The molecule has 3 atom stereocenters. The summed E-state index contributed by atoms with van der Waals surface area (Å²) in [5.74, 6) is 0.896.